The minimum Gasteiger partial charge on any atom is -0.354 e. The van der Waals surface area contributed by atoms with Crippen LogP contribution in [0.25, 0.3) is 11.3 Å². The first-order valence-corrected chi connectivity index (χ1v) is 11.5. The van der Waals surface area contributed by atoms with E-state index in [-0.39, 0.29) is 0 Å². The molecule has 2 N–H and O–H groups in total. The van der Waals surface area contributed by atoms with Crippen LogP contribution < -0.4 is 10.6 Å². The van der Waals surface area contributed by atoms with E-state index in [1.165, 1.54) is 17.7 Å². The topological polar surface area (TPSA) is 53.1 Å². The van der Waals surface area contributed by atoms with Crippen LogP contribution in [0.4, 0.5) is 14.7 Å². The summed E-state index contributed by atoms with van der Waals surface area (Å²) < 4.78 is 26.7. The summed E-state index contributed by atoms with van der Waals surface area (Å²) in [6.07, 6.45) is 2.20. The van der Waals surface area contributed by atoms with E-state index >= 15 is 0 Å². The van der Waals surface area contributed by atoms with Gasteiger partial charge in [-0.25, -0.2) is 18.7 Å². The number of benzene rings is 2. The van der Waals surface area contributed by atoms with Crippen LogP contribution in [0.15, 0.2) is 54.7 Å². The Bertz CT molecular complexity index is 1050. The van der Waals surface area contributed by atoms with Crippen molar-refractivity contribution in [3.05, 3.63) is 77.5 Å². The summed E-state index contributed by atoms with van der Waals surface area (Å²) in [5, 5.41) is 6.66. The van der Waals surface area contributed by atoms with Crippen LogP contribution in [-0.4, -0.2) is 47.1 Å². The Kier molecular flexibility index (Phi) is 7.62. The number of anilines is 1. The minimum absolute atomic E-state index is 0.472. The number of hydrogen-bond acceptors (Lipinski definition) is 5. The van der Waals surface area contributed by atoms with Gasteiger partial charge >= 0.3 is 0 Å². The predicted molar refractivity (Wildman–Crippen MR) is 128 cm³/mol. The quantitative estimate of drug-likeness (QED) is 0.528. The van der Waals surface area contributed by atoms with E-state index in [0.717, 1.165) is 43.5 Å². The lowest BCUT2D eigenvalue weighted by Gasteiger charge is -2.38. The van der Waals surface area contributed by atoms with Gasteiger partial charge in [0.2, 0.25) is 5.95 Å². The largest absolute Gasteiger partial charge is 0.354 e. The Labute approximate surface area is 194 Å². The molecular weight excluding hydrogens is 420 g/mol. The molecule has 1 aliphatic rings. The maximum Gasteiger partial charge on any atom is 0.223 e. The fraction of sp³-hybridized carbons (Fsp3) is 0.385. The zero-order valence-corrected chi connectivity index (χ0v) is 19.2. The van der Waals surface area contributed by atoms with Gasteiger partial charge in [0.05, 0.1) is 5.69 Å². The van der Waals surface area contributed by atoms with Crippen molar-refractivity contribution < 1.29 is 8.78 Å². The molecule has 0 saturated carbocycles. The van der Waals surface area contributed by atoms with Gasteiger partial charge in [0.25, 0.3) is 0 Å². The molecule has 1 aliphatic heterocycles. The van der Waals surface area contributed by atoms with Gasteiger partial charge in [0, 0.05) is 56.6 Å². The molecule has 1 atom stereocenters. The van der Waals surface area contributed by atoms with E-state index in [2.05, 4.69) is 63.6 Å². The van der Waals surface area contributed by atoms with Crippen LogP contribution in [0.3, 0.4) is 0 Å². The van der Waals surface area contributed by atoms with E-state index in [4.69, 9.17) is 0 Å². The molecule has 4 rings (SSSR count). The zero-order chi connectivity index (χ0) is 23.2. The van der Waals surface area contributed by atoms with E-state index in [1.807, 2.05) is 6.07 Å². The highest BCUT2D eigenvalue weighted by molar-refractivity contribution is 5.61. The molecule has 0 radical (unpaired) electrons. The first kappa shape index (κ1) is 23.3. The van der Waals surface area contributed by atoms with Crippen molar-refractivity contribution in [2.45, 2.75) is 32.9 Å². The van der Waals surface area contributed by atoms with Crippen LogP contribution in [0.1, 0.15) is 25.0 Å². The Balaban J connectivity index is 1.41. The zero-order valence-electron chi connectivity index (χ0n) is 19.2. The molecule has 0 amide bonds. The van der Waals surface area contributed by atoms with Crippen molar-refractivity contribution in [3.63, 3.8) is 0 Å². The third kappa shape index (κ3) is 6.33. The summed E-state index contributed by atoms with van der Waals surface area (Å²) in [7, 11) is 0. The van der Waals surface area contributed by atoms with Crippen molar-refractivity contribution in [3.8, 4) is 11.3 Å². The maximum atomic E-state index is 13.4. The lowest BCUT2D eigenvalue weighted by Crippen LogP contribution is -2.52. The molecule has 7 heteroatoms. The lowest BCUT2D eigenvalue weighted by atomic mass is 9.99. The van der Waals surface area contributed by atoms with Crippen LogP contribution in [-0.2, 0) is 13.0 Å². The highest BCUT2D eigenvalue weighted by atomic mass is 19.1. The fourth-order valence-electron chi connectivity index (χ4n) is 4.36. The van der Waals surface area contributed by atoms with E-state index in [1.54, 1.807) is 6.20 Å². The normalized spacial score (nSPS) is 16.8. The average molecular weight is 452 g/mol. The van der Waals surface area contributed by atoms with Crippen LogP contribution in [0.5, 0.6) is 0 Å². The number of piperazine rings is 1. The van der Waals surface area contributed by atoms with Gasteiger partial charge in [0.15, 0.2) is 0 Å². The molecular formula is C26H31F2N5. The Hall–Kier alpha value is -2.90. The molecule has 0 aliphatic carbocycles. The minimum atomic E-state index is -0.566. The summed E-state index contributed by atoms with van der Waals surface area (Å²) >= 11 is 0. The SMILES string of the molecule is CC(C)C1CNCCN1Cc1cccc(-c2ccnc(NCCc3cc(F)cc(F)c3)n2)c1. The van der Waals surface area contributed by atoms with Crippen molar-refractivity contribution in [2.75, 3.05) is 31.5 Å². The van der Waals surface area contributed by atoms with Gasteiger partial charge in [-0.05, 0) is 47.7 Å². The van der Waals surface area contributed by atoms with Crippen molar-refractivity contribution in [1.82, 2.24) is 20.2 Å². The van der Waals surface area contributed by atoms with Gasteiger partial charge in [0.1, 0.15) is 11.6 Å². The highest BCUT2D eigenvalue weighted by Gasteiger charge is 2.24. The summed E-state index contributed by atoms with van der Waals surface area (Å²) in [5.41, 5.74) is 3.74. The molecule has 3 aromatic rings. The predicted octanol–water partition coefficient (Wildman–Crippen LogP) is 4.51. The third-order valence-electron chi connectivity index (χ3n) is 6.05. The van der Waals surface area contributed by atoms with Gasteiger partial charge < -0.3 is 10.6 Å². The standard InChI is InChI=1S/C26H31F2N5/c1-18(2)25-16-29-10-11-33(25)17-20-4-3-5-21(12-20)24-7-9-31-26(32-24)30-8-6-19-13-22(27)15-23(28)14-19/h3-5,7,9,12-15,18,25,29H,6,8,10-11,16-17H2,1-2H3,(H,30,31,32). The van der Waals surface area contributed by atoms with Gasteiger partial charge in [-0.3, -0.25) is 4.90 Å². The molecule has 1 saturated heterocycles. The van der Waals surface area contributed by atoms with Gasteiger partial charge in [-0.15, -0.1) is 0 Å². The highest BCUT2D eigenvalue weighted by Crippen LogP contribution is 2.22. The first-order chi connectivity index (χ1) is 16.0. The van der Waals surface area contributed by atoms with E-state index in [0.29, 0.717) is 36.4 Å². The second-order valence-corrected chi connectivity index (χ2v) is 8.91. The Morgan fingerprint density at radius 2 is 1.91 bits per heavy atom. The van der Waals surface area contributed by atoms with E-state index < -0.39 is 11.6 Å². The van der Waals surface area contributed by atoms with Crippen molar-refractivity contribution >= 4 is 5.95 Å². The van der Waals surface area contributed by atoms with Crippen molar-refractivity contribution in [1.29, 1.82) is 0 Å². The summed E-state index contributed by atoms with van der Waals surface area (Å²) in [6.45, 7) is 9.05. The van der Waals surface area contributed by atoms with Gasteiger partial charge in [-0.2, -0.15) is 0 Å². The van der Waals surface area contributed by atoms with Crippen LogP contribution in [0, 0.1) is 17.6 Å². The van der Waals surface area contributed by atoms with Crippen LogP contribution in [0.2, 0.25) is 0 Å². The van der Waals surface area contributed by atoms with E-state index in [9.17, 15) is 8.78 Å². The molecule has 0 bridgehead atoms. The lowest BCUT2D eigenvalue weighted by molar-refractivity contribution is 0.117. The number of nitrogens with zero attached hydrogens (tertiary/aromatic N) is 3. The second-order valence-electron chi connectivity index (χ2n) is 8.91. The Morgan fingerprint density at radius 1 is 1.09 bits per heavy atom. The summed E-state index contributed by atoms with van der Waals surface area (Å²) in [5.74, 6) is -0.0376. The Morgan fingerprint density at radius 3 is 2.70 bits per heavy atom. The summed E-state index contributed by atoms with van der Waals surface area (Å²) in [4.78, 5) is 11.5. The second kappa shape index (κ2) is 10.8. The number of rotatable bonds is 8. The molecule has 2 aromatic carbocycles. The molecule has 1 aromatic heterocycles. The molecule has 174 valence electrons. The molecule has 1 unspecified atom stereocenters. The monoisotopic (exact) mass is 451 g/mol. The fourth-order valence-corrected chi connectivity index (χ4v) is 4.36. The number of hydrogen-bond donors (Lipinski definition) is 2. The number of nitrogens with one attached hydrogen (secondary N) is 2. The van der Waals surface area contributed by atoms with Gasteiger partial charge in [-0.1, -0.05) is 32.0 Å². The molecule has 33 heavy (non-hydrogen) atoms. The maximum absolute atomic E-state index is 13.4. The van der Waals surface area contributed by atoms with Crippen molar-refractivity contribution in [2.24, 2.45) is 5.92 Å². The average Bonchev–Trinajstić information content (AvgIpc) is 2.79. The summed E-state index contributed by atoms with van der Waals surface area (Å²) in [6, 6.07) is 14.5. The molecule has 1 fully saturated rings. The number of aromatic nitrogens is 2. The first-order valence-electron chi connectivity index (χ1n) is 11.5. The number of halogens is 2. The molecule has 0 spiro atoms. The molecule has 5 nitrogen and oxygen atoms in total. The molecule has 2 heterocycles. The van der Waals surface area contributed by atoms with Crippen LogP contribution >= 0.6 is 0 Å². The third-order valence-corrected chi connectivity index (χ3v) is 6.05. The smallest absolute Gasteiger partial charge is 0.223 e.